The molecule has 1 aliphatic heterocycles. The zero-order valence-electron chi connectivity index (χ0n) is 13.5. The van der Waals surface area contributed by atoms with Crippen LogP contribution in [0.25, 0.3) is 0 Å². The van der Waals surface area contributed by atoms with E-state index in [9.17, 15) is 14.4 Å². The smallest absolute Gasteiger partial charge is 0.255 e. The van der Waals surface area contributed by atoms with Gasteiger partial charge in [-0.25, -0.2) is 0 Å². The van der Waals surface area contributed by atoms with Gasteiger partial charge in [-0.05, 0) is 43.9 Å². The monoisotopic (exact) mass is 301 g/mol. The third kappa shape index (κ3) is 3.26. The number of Topliss-reactive ketones (excluding diaryl/α,β-unsaturated/α-hetero) is 2. The summed E-state index contributed by atoms with van der Waals surface area (Å²) in [7, 11) is 0. The van der Waals surface area contributed by atoms with Crippen molar-refractivity contribution in [2.45, 2.75) is 59.0 Å². The van der Waals surface area contributed by atoms with Crippen LogP contribution < -0.4 is 0 Å². The highest BCUT2D eigenvalue weighted by atomic mass is 16.2. The Morgan fingerprint density at radius 1 is 1.27 bits per heavy atom. The summed E-state index contributed by atoms with van der Waals surface area (Å²) in [6.45, 7) is 5.92. The van der Waals surface area contributed by atoms with Gasteiger partial charge in [0, 0.05) is 24.9 Å². The van der Waals surface area contributed by atoms with E-state index >= 15 is 0 Å². The van der Waals surface area contributed by atoms with Crippen LogP contribution in [0.1, 0.15) is 61.0 Å². The highest BCUT2D eigenvalue weighted by molar-refractivity contribution is 6.01. The molecule has 1 aromatic rings. The first-order valence-corrected chi connectivity index (χ1v) is 7.87. The van der Waals surface area contributed by atoms with Crippen LogP contribution >= 0.6 is 0 Å². The van der Waals surface area contributed by atoms with E-state index in [-0.39, 0.29) is 17.5 Å². The van der Waals surface area contributed by atoms with E-state index in [1.807, 2.05) is 32.0 Å². The maximum Gasteiger partial charge on any atom is 0.255 e. The Balaban J connectivity index is 2.25. The van der Waals surface area contributed by atoms with Gasteiger partial charge < -0.3 is 9.69 Å². The number of benzene rings is 1. The Kier molecular flexibility index (Phi) is 5.11. The highest BCUT2D eigenvalue weighted by Crippen LogP contribution is 2.29. The Hall–Kier alpha value is -1.97. The quantitative estimate of drug-likeness (QED) is 0.777. The summed E-state index contributed by atoms with van der Waals surface area (Å²) >= 11 is 0. The molecular weight excluding hydrogens is 278 g/mol. The van der Waals surface area contributed by atoms with Gasteiger partial charge in [0.1, 0.15) is 5.78 Å². The lowest BCUT2D eigenvalue weighted by Gasteiger charge is -2.26. The molecule has 0 aliphatic carbocycles. The molecular formula is C18H23NO3. The Morgan fingerprint density at radius 2 is 2.00 bits per heavy atom. The fourth-order valence-corrected chi connectivity index (χ4v) is 3.00. The molecule has 0 saturated carbocycles. The van der Waals surface area contributed by atoms with Crippen LogP contribution in [0.3, 0.4) is 0 Å². The number of aryl methyl sites for hydroxylation is 1. The minimum atomic E-state index is -0.483. The van der Waals surface area contributed by atoms with Crippen molar-refractivity contribution in [3.05, 3.63) is 34.9 Å². The summed E-state index contributed by atoms with van der Waals surface area (Å²) in [5, 5.41) is 0. The van der Waals surface area contributed by atoms with Gasteiger partial charge in [-0.1, -0.05) is 19.1 Å². The second-order valence-electron chi connectivity index (χ2n) is 6.01. The molecule has 1 atom stereocenters. The topological polar surface area (TPSA) is 54.5 Å². The Bertz CT molecular complexity index is 606. The van der Waals surface area contributed by atoms with Crippen molar-refractivity contribution < 1.29 is 14.4 Å². The predicted molar refractivity (Wildman–Crippen MR) is 84.7 cm³/mol. The third-order valence-corrected chi connectivity index (χ3v) is 4.24. The first kappa shape index (κ1) is 16.4. The molecule has 0 spiro atoms. The molecule has 1 heterocycles. The zero-order chi connectivity index (χ0) is 16.3. The first-order chi connectivity index (χ1) is 10.5. The summed E-state index contributed by atoms with van der Waals surface area (Å²) in [6.07, 6.45) is 1.96. The number of amides is 1. The number of rotatable bonds is 7. The summed E-state index contributed by atoms with van der Waals surface area (Å²) in [5.41, 5.74) is 2.77. The number of carbonyl (C=O) groups excluding carboxylic acids is 3. The second kappa shape index (κ2) is 6.86. The lowest BCUT2D eigenvalue weighted by molar-refractivity contribution is -0.124. The molecule has 1 aliphatic rings. The van der Waals surface area contributed by atoms with Gasteiger partial charge in [-0.3, -0.25) is 9.59 Å². The van der Waals surface area contributed by atoms with Crippen LogP contribution in [-0.2, 0) is 16.1 Å². The molecule has 1 amide bonds. The number of hydrogen-bond acceptors (Lipinski definition) is 3. The fourth-order valence-electron chi connectivity index (χ4n) is 3.00. The van der Waals surface area contributed by atoms with Crippen molar-refractivity contribution in [2.75, 3.05) is 0 Å². The number of ketones is 2. The minimum absolute atomic E-state index is 0.0506. The number of hydrogen-bond donors (Lipinski definition) is 0. The Morgan fingerprint density at radius 3 is 2.59 bits per heavy atom. The summed E-state index contributed by atoms with van der Waals surface area (Å²) in [5.74, 6) is 0.0221. The van der Waals surface area contributed by atoms with E-state index in [0.717, 1.165) is 17.5 Å². The van der Waals surface area contributed by atoms with Gasteiger partial charge in [0.25, 0.3) is 5.91 Å². The van der Waals surface area contributed by atoms with Crippen molar-refractivity contribution in [1.29, 1.82) is 0 Å². The molecule has 22 heavy (non-hydrogen) atoms. The normalized spacial score (nSPS) is 14.9. The van der Waals surface area contributed by atoms with Gasteiger partial charge in [0.2, 0.25) is 0 Å². The van der Waals surface area contributed by atoms with Gasteiger partial charge in [0.15, 0.2) is 5.78 Å². The molecule has 4 nitrogen and oxygen atoms in total. The number of nitrogens with zero attached hydrogens (tertiary/aromatic N) is 1. The van der Waals surface area contributed by atoms with E-state index in [4.69, 9.17) is 0 Å². The van der Waals surface area contributed by atoms with Crippen molar-refractivity contribution in [3.8, 4) is 0 Å². The minimum Gasteiger partial charge on any atom is -0.324 e. The molecule has 118 valence electrons. The van der Waals surface area contributed by atoms with E-state index in [2.05, 4.69) is 0 Å². The molecule has 0 saturated heterocycles. The van der Waals surface area contributed by atoms with E-state index in [1.165, 1.54) is 6.92 Å². The lowest BCUT2D eigenvalue weighted by Crippen LogP contribution is -2.41. The summed E-state index contributed by atoms with van der Waals surface area (Å²) in [4.78, 5) is 38.0. The first-order valence-electron chi connectivity index (χ1n) is 7.87. The predicted octanol–water partition coefficient (Wildman–Crippen LogP) is 3.06. The SMILES string of the molecule is CCCC(=O)C(CCC(C)=O)N1Cc2c(C)cccc2C1=O. The highest BCUT2D eigenvalue weighted by Gasteiger charge is 2.36. The average Bonchev–Trinajstić information content (AvgIpc) is 2.79. The van der Waals surface area contributed by atoms with Crippen LogP contribution in [0.5, 0.6) is 0 Å². The lowest BCUT2D eigenvalue weighted by atomic mass is 10.0. The van der Waals surface area contributed by atoms with Crippen LogP contribution in [-0.4, -0.2) is 28.4 Å². The molecule has 2 rings (SSSR count). The molecule has 0 aromatic heterocycles. The van der Waals surface area contributed by atoms with Crippen LogP contribution in [0.2, 0.25) is 0 Å². The van der Waals surface area contributed by atoms with Crippen molar-refractivity contribution in [1.82, 2.24) is 4.90 Å². The maximum atomic E-state index is 12.6. The molecule has 0 bridgehead atoms. The van der Waals surface area contributed by atoms with Crippen molar-refractivity contribution in [2.24, 2.45) is 0 Å². The van der Waals surface area contributed by atoms with Crippen molar-refractivity contribution in [3.63, 3.8) is 0 Å². The van der Waals surface area contributed by atoms with Crippen LogP contribution in [0.15, 0.2) is 18.2 Å². The largest absolute Gasteiger partial charge is 0.324 e. The van der Waals surface area contributed by atoms with Crippen LogP contribution in [0.4, 0.5) is 0 Å². The number of fused-ring (bicyclic) bond motifs is 1. The summed E-state index contributed by atoms with van der Waals surface area (Å²) in [6, 6.07) is 5.18. The molecule has 0 radical (unpaired) electrons. The second-order valence-corrected chi connectivity index (χ2v) is 6.01. The number of carbonyl (C=O) groups is 3. The summed E-state index contributed by atoms with van der Waals surface area (Å²) < 4.78 is 0. The molecule has 0 fully saturated rings. The van der Waals surface area contributed by atoms with Gasteiger partial charge in [-0.15, -0.1) is 0 Å². The third-order valence-electron chi connectivity index (χ3n) is 4.24. The van der Waals surface area contributed by atoms with Gasteiger partial charge >= 0.3 is 0 Å². The molecule has 1 aromatic carbocycles. The molecule has 0 N–H and O–H groups in total. The zero-order valence-corrected chi connectivity index (χ0v) is 13.5. The van der Waals surface area contributed by atoms with E-state index < -0.39 is 6.04 Å². The van der Waals surface area contributed by atoms with E-state index in [1.54, 1.807) is 4.90 Å². The maximum absolute atomic E-state index is 12.6. The molecule has 4 heteroatoms. The van der Waals surface area contributed by atoms with Gasteiger partial charge in [-0.2, -0.15) is 0 Å². The molecule has 1 unspecified atom stereocenters. The Labute approximate surface area is 131 Å². The van der Waals surface area contributed by atoms with Crippen LogP contribution in [0, 0.1) is 6.92 Å². The standard InChI is InChI=1S/C18H23NO3/c1-4-6-17(21)16(10-9-13(3)20)19-11-15-12(2)7-5-8-14(15)18(19)22/h5,7-8,16H,4,6,9-11H2,1-3H3. The fraction of sp³-hybridized carbons (Fsp3) is 0.500. The van der Waals surface area contributed by atoms with Gasteiger partial charge in [0.05, 0.1) is 6.04 Å². The average molecular weight is 301 g/mol. The van der Waals surface area contributed by atoms with Crippen molar-refractivity contribution >= 4 is 17.5 Å². The van der Waals surface area contributed by atoms with E-state index in [0.29, 0.717) is 31.4 Å².